The number of pyridine rings is 1. The van der Waals surface area contributed by atoms with E-state index in [1.165, 1.54) is 24.7 Å². The van der Waals surface area contributed by atoms with E-state index < -0.39 is 28.6 Å². The highest BCUT2D eigenvalue weighted by Crippen LogP contribution is 2.20. The zero-order valence-corrected chi connectivity index (χ0v) is 10.7. The second-order valence-electron chi connectivity index (χ2n) is 4.22. The summed E-state index contributed by atoms with van der Waals surface area (Å²) in [7, 11) is 3.07. The first-order valence-electron chi connectivity index (χ1n) is 5.65. The number of fused-ring (bicyclic) bond motifs is 1. The van der Waals surface area contributed by atoms with Gasteiger partial charge in [0.2, 0.25) is 5.43 Å². The van der Waals surface area contributed by atoms with Crippen molar-refractivity contribution in [1.29, 1.82) is 0 Å². The van der Waals surface area contributed by atoms with Gasteiger partial charge in [-0.3, -0.25) is 9.59 Å². The molecule has 1 heterocycles. The fraction of sp³-hybridized carbons (Fsp3) is 0.154. The number of aliphatic carboxylic acids is 1. The molecule has 104 valence electrons. The maximum absolute atomic E-state index is 13.7. The summed E-state index contributed by atoms with van der Waals surface area (Å²) >= 11 is 0. The molecule has 0 saturated heterocycles. The average Bonchev–Trinajstić information content (AvgIpc) is 2.41. The number of halogens is 1. The van der Waals surface area contributed by atoms with Crippen LogP contribution < -0.4 is 10.7 Å². The molecule has 20 heavy (non-hydrogen) atoms. The first-order valence-corrected chi connectivity index (χ1v) is 5.65. The van der Waals surface area contributed by atoms with Gasteiger partial charge in [0.25, 0.3) is 5.78 Å². The number of Topliss-reactive ketones (excluding diaryl/α,β-unsaturated/α-hetero) is 1. The Balaban J connectivity index is 2.87. The minimum Gasteiger partial charge on any atom is -0.475 e. The molecule has 0 aliphatic carbocycles. The summed E-state index contributed by atoms with van der Waals surface area (Å²) < 4.78 is 15.1. The van der Waals surface area contributed by atoms with Crippen molar-refractivity contribution in [3.8, 4) is 0 Å². The van der Waals surface area contributed by atoms with Crippen LogP contribution in [0.2, 0.25) is 0 Å². The number of nitrogens with one attached hydrogen (secondary N) is 1. The number of carboxylic acids is 1. The number of rotatable bonds is 3. The first kappa shape index (κ1) is 13.7. The largest absolute Gasteiger partial charge is 0.475 e. The Bertz CT molecular complexity index is 795. The number of nitrogens with zero attached hydrogens (tertiary/aromatic N) is 1. The van der Waals surface area contributed by atoms with E-state index in [-0.39, 0.29) is 11.1 Å². The minimum atomic E-state index is -1.73. The zero-order chi connectivity index (χ0) is 15.0. The van der Waals surface area contributed by atoms with Crippen molar-refractivity contribution in [1.82, 2.24) is 4.57 Å². The number of anilines is 1. The highest BCUT2D eigenvalue weighted by molar-refractivity contribution is 6.40. The maximum Gasteiger partial charge on any atom is 0.377 e. The first-order chi connectivity index (χ1) is 9.36. The van der Waals surface area contributed by atoms with Crippen LogP contribution in [-0.4, -0.2) is 28.5 Å². The molecular weight excluding hydrogens is 267 g/mol. The lowest BCUT2D eigenvalue weighted by Gasteiger charge is -2.10. The molecule has 2 rings (SSSR count). The van der Waals surface area contributed by atoms with Gasteiger partial charge in [-0.05, 0) is 12.1 Å². The Hall–Kier alpha value is -2.70. The summed E-state index contributed by atoms with van der Waals surface area (Å²) in [6.07, 6.45) is 1.14. The molecule has 0 radical (unpaired) electrons. The van der Waals surface area contributed by atoms with Gasteiger partial charge in [0, 0.05) is 25.7 Å². The van der Waals surface area contributed by atoms with Gasteiger partial charge < -0.3 is 15.0 Å². The van der Waals surface area contributed by atoms with Crippen LogP contribution in [-0.2, 0) is 11.8 Å². The standard InChI is InChI=1S/C13H11FN2O4/c1-15-9-4-10-6(3-8(9)14)11(17)7(5-16(10)2)12(18)13(19)20/h3-5,15H,1-2H3,(H,19,20). The predicted octanol–water partition coefficient (Wildman–Crippen LogP) is 0.987. The zero-order valence-electron chi connectivity index (χ0n) is 10.7. The lowest BCUT2D eigenvalue weighted by molar-refractivity contribution is -0.131. The third-order valence-electron chi connectivity index (χ3n) is 2.99. The highest BCUT2D eigenvalue weighted by atomic mass is 19.1. The molecule has 0 aliphatic heterocycles. The molecule has 2 N–H and O–H groups in total. The number of carbonyl (C=O) groups excluding carboxylic acids is 1. The van der Waals surface area contributed by atoms with E-state index in [0.29, 0.717) is 5.52 Å². The fourth-order valence-electron chi connectivity index (χ4n) is 1.97. The SMILES string of the molecule is CNc1cc2c(cc1F)c(=O)c(C(=O)C(=O)O)cn2C. The smallest absolute Gasteiger partial charge is 0.377 e. The molecule has 2 aromatic rings. The van der Waals surface area contributed by atoms with Crippen LogP contribution in [0.15, 0.2) is 23.1 Å². The molecule has 0 atom stereocenters. The predicted molar refractivity (Wildman–Crippen MR) is 70.7 cm³/mol. The topological polar surface area (TPSA) is 88.4 Å². The number of carboxylic acid groups (broad SMARTS) is 1. The summed E-state index contributed by atoms with van der Waals surface area (Å²) in [6, 6.07) is 2.41. The summed E-state index contributed by atoms with van der Waals surface area (Å²) in [4.78, 5) is 34.2. The van der Waals surface area contributed by atoms with Crippen molar-refractivity contribution in [2.45, 2.75) is 0 Å². The van der Waals surface area contributed by atoms with Gasteiger partial charge in [0.05, 0.1) is 16.8 Å². The number of hydrogen-bond donors (Lipinski definition) is 2. The lowest BCUT2D eigenvalue weighted by atomic mass is 10.1. The number of carbonyl (C=O) groups is 2. The average molecular weight is 278 g/mol. The molecule has 0 saturated carbocycles. The van der Waals surface area contributed by atoms with Crippen molar-refractivity contribution in [2.75, 3.05) is 12.4 Å². The van der Waals surface area contributed by atoms with Crippen LogP contribution in [0.4, 0.5) is 10.1 Å². The van der Waals surface area contributed by atoms with E-state index in [1.54, 1.807) is 0 Å². The second kappa shape index (κ2) is 4.76. The number of hydrogen-bond acceptors (Lipinski definition) is 4. The minimum absolute atomic E-state index is 0.0453. The van der Waals surface area contributed by atoms with Gasteiger partial charge in [-0.25, -0.2) is 9.18 Å². The Morgan fingerprint density at radius 1 is 1.35 bits per heavy atom. The lowest BCUT2D eigenvalue weighted by Crippen LogP contribution is -2.24. The third-order valence-corrected chi connectivity index (χ3v) is 2.99. The summed E-state index contributed by atoms with van der Waals surface area (Å²) in [5, 5.41) is 11.3. The van der Waals surface area contributed by atoms with Crippen molar-refractivity contribution >= 4 is 28.3 Å². The van der Waals surface area contributed by atoms with Crippen LogP contribution in [0.5, 0.6) is 0 Å². The van der Waals surface area contributed by atoms with Gasteiger partial charge in [0.1, 0.15) is 5.82 Å². The van der Waals surface area contributed by atoms with Crippen LogP contribution >= 0.6 is 0 Å². The molecule has 0 bridgehead atoms. The van der Waals surface area contributed by atoms with E-state index in [2.05, 4.69) is 5.32 Å². The van der Waals surface area contributed by atoms with E-state index >= 15 is 0 Å². The number of benzene rings is 1. The van der Waals surface area contributed by atoms with Gasteiger partial charge in [-0.2, -0.15) is 0 Å². The highest BCUT2D eigenvalue weighted by Gasteiger charge is 2.21. The van der Waals surface area contributed by atoms with Gasteiger partial charge in [-0.1, -0.05) is 0 Å². The Labute approximate surface area is 112 Å². The maximum atomic E-state index is 13.7. The Morgan fingerprint density at radius 2 is 2.00 bits per heavy atom. The van der Waals surface area contributed by atoms with Crippen molar-refractivity contribution < 1.29 is 19.1 Å². The normalized spacial score (nSPS) is 10.6. The van der Waals surface area contributed by atoms with Gasteiger partial charge in [-0.15, -0.1) is 0 Å². The van der Waals surface area contributed by atoms with Crippen molar-refractivity contribution in [3.05, 3.63) is 39.9 Å². The Kier molecular flexibility index (Phi) is 3.27. The quantitative estimate of drug-likeness (QED) is 0.645. The third kappa shape index (κ3) is 2.03. The van der Waals surface area contributed by atoms with E-state index in [9.17, 15) is 18.8 Å². The van der Waals surface area contributed by atoms with Gasteiger partial charge >= 0.3 is 5.97 Å². The number of aryl methyl sites for hydroxylation is 1. The van der Waals surface area contributed by atoms with Crippen LogP contribution in [0.3, 0.4) is 0 Å². The van der Waals surface area contributed by atoms with Crippen molar-refractivity contribution in [2.24, 2.45) is 7.05 Å². The Morgan fingerprint density at radius 3 is 2.55 bits per heavy atom. The summed E-state index contributed by atoms with van der Waals surface area (Å²) in [5.74, 6) is -3.70. The number of ketones is 1. The van der Waals surface area contributed by atoms with Crippen LogP contribution in [0.1, 0.15) is 10.4 Å². The molecule has 1 aromatic heterocycles. The monoisotopic (exact) mass is 278 g/mol. The summed E-state index contributed by atoms with van der Waals surface area (Å²) in [6.45, 7) is 0. The molecular formula is C13H11FN2O4. The molecule has 0 amide bonds. The molecule has 1 aromatic carbocycles. The van der Waals surface area contributed by atoms with E-state index in [4.69, 9.17) is 5.11 Å². The van der Waals surface area contributed by atoms with E-state index in [0.717, 1.165) is 12.3 Å². The van der Waals surface area contributed by atoms with E-state index in [1.807, 2.05) is 0 Å². The molecule has 0 aliphatic rings. The van der Waals surface area contributed by atoms with Gasteiger partial charge in [0.15, 0.2) is 0 Å². The number of aromatic nitrogens is 1. The molecule has 0 fully saturated rings. The van der Waals surface area contributed by atoms with Crippen molar-refractivity contribution in [3.63, 3.8) is 0 Å². The van der Waals surface area contributed by atoms with Crippen LogP contribution in [0, 0.1) is 5.82 Å². The molecule has 6 nitrogen and oxygen atoms in total. The van der Waals surface area contributed by atoms with Crippen LogP contribution in [0.25, 0.3) is 10.9 Å². The molecule has 0 spiro atoms. The fourth-order valence-corrected chi connectivity index (χ4v) is 1.97. The molecule has 7 heteroatoms. The second-order valence-corrected chi connectivity index (χ2v) is 4.22. The summed E-state index contributed by atoms with van der Waals surface area (Å²) in [5.41, 5.74) is -0.705. The molecule has 0 unspecified atom stereocenters.